The molecular formula is C27H48N4O4. The second kappa shape index (κ2) is 12.3. The molecule has 4 atom stereocenters. The highest BCUT2D eigenvalue weighted by Gasteiger charge is 2.39. The fourth-order valence-corrected chi connectivity index (χ4v) is 5.24. The largest absolute Gasteiger partial charge is 0.394 e. The van der Waals surface area contributed by atoms with Crippen molar-refractivity contribution in [2.45, 2.75) is 97.8 Å². The van der Waals surface area contributed by atoms with Gasteiger partial charge in [0.25, 0.3) is 0 Å². The molecule has 2 N–H and O–H groups in total. The van der Waals surface area contributed by atoms with E-state index in [-0.39, 0.29) is 48.4 Å². The first kappa shape index (κ1) is 29.3. The molecule has 2 aliphatic rings. The Hall–Kier alpha value is -1.93. The third kappa shape index (κ3) is 7.29. The van der Waals surface area contributed by atoms with E-state index in [9.17, 15) is 19.5 Å². The maximum absolute atomic E-state index is 13.8. The fraction of sp³-hybridized carbons (Fsp3) is 0.815. The van der Waals surface area contributed by atoms with Crippen LogP contribution in [-0.2, 0) is 14.4 Å². The molecule has 2 fully saturated rings. The first-order chi connectivity index (χ1) is 16.3. The molecule has 200 valence electrons. The van der Waals surface area contributed by atoms with Crippen molar-refractivity contribution in [1.82, 2.24) is 20.0 Å². The van der Waals surface area contributed by atoms with Gasteiger partial charge in [-0.15, -0.1) is 0 Å². The lowest BCUT2D eigenvalue weighted by molar-refractivity contribution is -0.141. The fourth-order valence-electron chi connectivity index (χ4n) is 5.24. The van der Waals surface area contributed by atoms with Crippen LogP contribution in [0.4, 0.5) is 0 Å². The molecule has 2 saturated heterocycles. The molecule has 2 heterocycles. The van der Waals surface area contributed by atoms with Crippen molar-refractivity contribution in [1.29, 1.82) is 0 Å². The molecule has 0 aromatic rings. The number of aliphatic hydroxyl groups excluding tert-OH is 1. The van der Waals surface area contributed by atoms with Gasteiger partial charge in [0.05, 0.1) is 24.7 Å². The Labute approximate surface area is 212 Å². The van der Waals surface area contributed by atoms with E-state index in [1.807, 2.05) is 47.7 Å². The monoisotopic (exact) mass is 492 g/mol. The Bertz CT molecular complexity index is 789. The Kier molecular flexibility index (Phi) is 10.3. The van der Waals surface area contributed by atoms with Crippen LogP contribution in [0.15, 0.2) is 11.6 Å². The van der Waals surface area contributed by atoms with Gasteiger partial charge in [-0.1, -0.05) is 47.1 Å². The summed E-state index contributed by atoms with van der Waals surface area (Å²) in [6.07, 6.45) is 6.46. The topological polar surface area (TPSA) is 93.2 Å². The maximum atomic E-state index is 13.8. The van der Waals surface area contributed by atoms with E-state index < -0.39 is 11.5 Å². The molecule has 8 nitrogen and oxygen atoms in total. The van der Waals surface area contributed by atoms with Gasteiger partial charge < -0.3 is 20.2 Å². The Balaban J connectivity index is 2.23. The van der Waals surface area contributed by atoms with Crippen molar-refractivity contribution in [3.63, 3.8) is 0 Å². The summed E-state index contributed by atoms with van der Waals surface area (Å²) < 4.78 is 0. The summed E-state index contributed by atoms with van der Waals surface area (Å²) in [4.78, 5) is 45.5. The maximum Gasteiger partial charge on any atom is 0.249 e. The van der Waals surface area contributed by atoms with Crippen LogP contribution in [0.5, 0.6) is 0 Å². The summed E-state index contributed by atoms with van der Waals surface area (Å²) in [5.41, 5.74) is 0.0951. The molecule has 0 aliphatic carbocycles. The lowest BCUT2D eigenvalue weighted by atomic mass is 9.84. The SMILES string of the molecule is CC(=C[C@H](C(C)C)N(C)C(=O)[C@@H](NC(=O)[C@H]1CCCCN1C)C(C)(C)C)C(=O)N1CCC[C@H]1CO. The van der Waals surface area contributed by atoms with Crippen LogP contribution in [-0.4, -0.2) is 95.5 Å². The van der Waals surface area contributed by atoms with E-state index in [2.05, 4.69) is 10.2 Å². The quantitative estimate of drug-likeness (QED) is 0.508. The molecule has 8 heteroatoms. The van der Waals surface area contributed by atoms with E-state index in [1.165, 1.54) is 0 Å². The van der Waals surface area contributed by atoms with Crippen molar-refractivity contribution in [2.24, 2.45) is 11.3 Å². The molecule has 0 aromatic heterocycles. The molecule has 0 saturated carbocycles. The zero-order chi connectivity index (χ0) is 26.5. The summed E-state index contributed by atoms with van der Waals surface area (Å²) in [5.74, 6) is -0.274. The van der Waals surface area contributed by atoms with Crippen molar-refractivity contribution in [3.8, 4) is 0 Å². The van der Waals surface area contributed by atoms with E-state index in [0.29, 0.717) is 12.1 Å². The molecule has 0 bridgehead atoms. The van der Waals surface area contributed by atoms with Crippen LogP contribution in [0.25, 0.3) is 0 Å². The summed E-state index contributed by atoms with van der Waals surface area (Å²) in [6.45, 7) is 13.2. The van der Waals surface area contributed by atoms with Gasteiger partial charge in [0, 0.05) is 19.2 Å². The van der Waals surface area contributed by atoms with Crippen molar-refractivity contribution < 1.29 is 19.5 Å². The lowest BCUT2D eigenvalue weighted by Gasteiger charge is -2.39. The van der Waals surface area contributed by atoms with Crippen LogP contribution >= 0.6 is 0 Å². The number of likely N-dealkylation sites (N-methyl/N-ethyl adjacent to an activating group) is 2. The van der Waals surface area contributed by atoms with E-state index in [1.54, 1.807) is 23.8 Å². The van der Waals surface area contributed by atoms with Gasteiger partial charge in [-0.3, -0.25) is 19.3 Å². The molecule has 0 spiro atoms. The molecule has 3 amide bonds. The van der Waals surface area contributed by atoms with Gasteiger partial charge in [-0.2, -0.15) is 0 Å². The van der Waals surface area contributed by atoms with Crippen LogP contribution in [0.2, 0.25) is 0 Å². The van der Waals surface area contributed by atoms with E-state index in [4.69, 9.17) is 0 Å². The average Bonchev–Trinajstić information content (AvgIpc) is 3.27. The van der Waals surface area contributed by atoms with Gasteiger partial charge in [0.2, 0.25) is 17.7 Å². The third-order valence-electron chi connectivity index (χ3n) is 7.56. The predicted octanol–water partition coefficient (Wildman–Crippen LogP) is 2.41. The number of carbonyl (C=O) groups excluding carboxylic acids is 3. The van der Waals surface area contributed by atoms with E-state index >= 15 is 0 Å². The van der Waals surface area contributed by atoms with Crippen LogP contribution < -0.4 is 5.32 Å². The summed E-state index contributed by atoms with van der Waals surface area (Å²) in [7, 11) is 3.72. The van der Waals surface area contributed by atoms with Crippen LogP contribution in [0.3, 0.4) is 0 Å². The zero-order valence-electron chi connectivity index (χ0n) is 23.1. The van der Waals surface area contributed by atoms with Gasteiger partial charge in [0.1, 0.15) is 6.04 Å². The smallest absolute Gasteiger partial charge is 0.249 e. The van der Waals surface area contributed by atoms with Crippen LogP contribution in [0.1, 0.15) is 73.6 Å². The minimum absolute atomic E-state index is 0.0336. The molecular weight excluding hydrogens is 444 g/mol. The third-order valence-corrected chi connectivity index (χ3v) is 7.56. The second-order valence-corrected chi connectivity index (χ2v) is 11.8. The number of nitrogens with one attached hydrogen (secondary N) is 1. The number of rotatable bonds is 8. The average molecular weight is 493 g/mol. The molecule has 2 aliphatic heterocycles. The number of likely N-dealkylation sites (tertiary alicyclic amines) is 2. The zero-order valence-corrected chi connectivity index (χ0v) is 23.1. The van der Waals surface area contributed by atoms with E-state index in [0.717, 1.165) is 38.6 Å². The van der Waals surface area contributed by atoms with Crippen molar-refractivity contribution >= 4 is 17.7 Å². The molecule has 35 heavy (non-hydrogen) atoms. The number of hydrogen-bond acceptors (Lipinski definition) is 5. The number of hydrogen-bond donors (Lipinski definition) is 2. The number of aliphatic hydroxyl groups is 1. The Morgan fingerprint density at radius 2 is 1.77 bits per heavy atom. The van der Waals surface area contributed by atoms with Gasteiger partial charge in [0.15, 0.2) is 0 Å². The first-order valence-corrected chi connectivity index (χ1v) is 13.2. The molecule has 2 rings (SSSR count). The molecule has 0 aromatic carbocycles. The highest BCUT2D eigenvalue weighted by molar-refractivity contribution is 5.94. The highest BCUT2D eigenvalue weighted by atomic mass is 16.3. The number of carbonyl (C=O) groups is 3. The number of piperidine rings is 1. The molecule has 0 unspecified atom stereocenters. The normalized spacial score (nSPS) is 23.8. The van der Waals surface area contributed by atoms with Crippen molar-refractivity contribution in [3.05, 3.63) is 11.6 Å². The second-order valence-electron chi connectivity index (χ2n) is 11.8. The van der Waals surface area contributed by atoms with Crippen LogP contribution in [0, 0.1) is 11.3 Å². The highest BCUT2D eigenvalue weighted by Crippen LogP contribution is 2.26. The van der Waals surface area contributed by atoms with Gasteiger partial charge in [-0.05, 0) is 57.5 Å². The van der Waals surface area contributed by atoms with Crippen molar-refractivity contribution in [2.75, 3.05) is 33.8 Å². The Morgan fingerprint density at radius 3 is 2.31 bits per heavy atom. The standard InChI is InChI=1S/C27H48N4O4/c1-18(2)22(16-19(3)25(34)31-15-11-12-20(31)17-32)30(8)26(35)23(27(4,5)6)28-24(33)21-13-9-10-14-29(21)7/h16,18,20-23,32H,9-15,17H2,1-8H3,(H,28,33)/t20-,21+,22+,23+/m0/s1. The minimum atomic E-state index is -0.682. The summed E-state index contributed by atoms with van der Waals surface area (Å²) >= 11 is 0. The summed E-state index contributed by atoms with van der Waals surface area (Å²) in [6, 6.07) is -1.34. The minimum Gasteiger partial charge on any atom is -0.394 e. The predicted molar refractivity (Wildman–Crippen MR) is 139 cm³/mol. The number of amides is 3. The number of nitrogens with zero attached hydrogens (tertiary/aromatic N) is 3. The van der Waals surface area contributed by atoms with Gasteiger partial charge >= 0.3 is 0 Å². The lowest BCUT2D eigenvalue weighted by Crippen LogP contribution is -2.59. The molecule has 0 radical (unpaired) electrons. The Morgan fingerprint density at radius 1 is 1.11 bits per heavy atom. The first-order valence-electron chi connectivity index (χ1n) is 13.2. The summed E-state index contributed by atoms with van der Waals surface area (Å²) in [5, 5.41) is 12.7. The van der Waals surface area contributed by atoms with Gasteiger partial charge in [-0.25, -0.2) is 0 Å².